The lowest BCUT2D eigenvalue weighted by Gasteiger charge is -2.19. The molecule has 0 bridgehead atoms. The second kappa shape index (κ2) is 10.2. The standard InChI is InChI=1S/C23H28FN5O4S/c1-6-33-20-11-16(7-9-25-20)19-13-17(24)12-18(14(2)3)22(19)26-23(30)28-34(31,32)21-8-10-29(27-21)15(4)5/h7-15H,6H2,1-5H3,(H2,26,28,30). The molecule has 0 aliphatic carbocycles. The second-order valence-electron chi connectivity index (χ2n) is 8.18. The molecule has 34 heavy (non-hydrogen) atoms. The molecule has 3 rings (SSSR count). The molecule has 182 valence electrons. The lowest BCUT2D eigenvalue weighted by molar-refractivity contribution is 0.256. The number of halogens is 1. The molecule has 11 heteroatoms. The number of hydrogen-bond donors (Lipinski definition) is 2. The first kappa shape index (κ1) is 25.2. The van der Waals surface area contributed by atoms with Crippen LogP contribution in [0.4, 0.5) is 14.9 Å². The summed E-state index contributed by atoms with van der Waals surface area (Å²) < 4.78 is 48.8. The van der Waals surface area contributed by atoms with Crippen molar-refractivity contribution < 1.29 is 22.3 Å². The fourth-order valence-electron chi connectivity index (χ4n) is 3.32. The minimum Gasteiger partial charge on any atom is -0.478 e. The normalized spacial score (nSPS) is 11.6. The summed E-state index contributed by atoms with van der Waals surface area (Å²) in [6.07, 6.45) is 3.03. The van der Waals surface area contributed by atoms with Gasteiger partial charge in [-0.15, -0.1) is 0 Å². The number of anilines is 1. The van der Waals surface area contributed by atoms with E-state index in [1.807, 2.05) is 39.3 Å². The number of sulfonamides is 1. The fraction of sp³-hybridized carbons (Fsp3) is 0.348. The SMILES string of the molecule is CCOc1cc(-c2cc(F)cc(C(C)C)c2NC(=O)NS(=O)(=O)c2ccn(C(C)C)n2)ccn1. The maximum atomic E-state index is 14.5. The Bertz CT molecular complexity index is 1290. The molecule has 2 amide bonds. The first-order chi connectivity index (χ1) is 16.0. The number of carbonyl (C=O) groups excluding carboxylic acids is 1. The van der Waals surface area contributed by atoms with Gasteiger partial charge in [0.1, 0.15) is 5.82 Å². The summed E-state index contributed by atoms with van der Waals surface area (Å²) in [5.74, 6) is -0.323. The number of nitrogens with one attached hydrogen (secondary N) is 2. The van der Waals surface area contributed by atoms with Crippen LogP contribution in [-0.2, 0) is 10.0 Å². The van der Waals surface area contributed by atoms with Crippen molar-refractivity contribution in [3.63, 3.8) is 0 Å². The highest BCUT2D eigenvalue weighted by Gasteiger charge is 2.24. The Morgan fingerprint density at radius 3 is 2.53 bits per heavy atom. The maximum absolute atomic E-state index is 14.5. The van der Waals surface area contributed by atoms with E-state index in [0.29, 0.717) is 29.2 Å². The molecule has 2 aromatic heterocycles. The second-order valence-corrected chi connectivity index (χ2v) is 9.80. The zero-order valence-electron chi connectivity index (χ0n) is 19.7. The van der Waals surface area contributed by atoms with E-state index in [1.165, 1.54) is 35.3 Å². The van der Waals surface area contributed by atoms with Crippen molar-refractivity contribution in [1.29, 1.82) is 0 Å². The highest BCUT2D eigenvalue weighted by atomic mass is 32.2. The van der Waals surface area contributed by atoms with E-state index in [9.17, 15) is 17.6 Å². The van der Waals surface area contributed by atoms with Crippen LogP contribution in [0.25, 0.3) is 11.1 Å². The number of urea groups is 1. The number of rotatable bonds is 8. The Balaban J connectivity index is 1.98. The monoisotopic (exact) mass is 489 g/mol. The molecule has 3 aromatic rings. The number of ether oxygens (including phenoxy) is 1. The van der Waals surface area contributed by atoms with E-state index >= 15 is 0 Å². The topological polar surface area (TPSA) is 115 Å². The van der Waals surface area contributed by atoms with Gasteiger partial charge in [-0.05, 0) is 62.1 Å². The van der Waals surface area contributed by atoms with Gasteiger partial charge >= 0.3 is 6.03 Å². The molecule has 1 aromatic carbocycles. The molecule has 0 saturated carbocycles. The van der Waals surface area contributed by atoms with Crippen molar-refractivity contribution in [3.8, 4) is 17.0 Å². The molecule has 0 atom stereocenters. The van der Waals surface area contributed by atoms with Gasteiger partial charge in [0.25, 0.3) is 10.0 Å². The lowest BCUT2D eigenvalue weighted by atomic mass is 9.94. The van der Waals surface area contributed by atoms with Crippen LogP contribution >= 0.6 is 0 Å². The summed E-state index contributed by atoms with van der Waals surface area (Å²) >= 11 is 0. The van der Waals surface area contributed by atoms with Crippen LogP contribution < -0.4 is 14.8 Å². The number of aromatic nitrogens is 3. The van der Waals surface area contributed by atoms with Gasteiger partial charge in [0.15, 0.2) is 5.03 Å². The molecule has 0 spiro atoms. The average molecular weight is 490 g/mol. The van der Waals surface area contributed by atoms with Crippen LogP contribution in [0.3, 0.4) is 0 Å². The van der Waals surface area contributed by atoms with E-state index in [0.717, 1.165) is 0 Å². The summed E-state index contributed by atoms with van der Waals surface area (Å²) in [6.45, 7) is 9.60. The van der Waals surface area contributed by atoms with E-state index in [1.54, 1.807) is 12.1 Å². The predicted octanol–water partition coefficient (Wildman–Crippen LogP) is 4.70. The van der Waals surface area contributed by atoms with Crippen LogP contribution in [0.5, 0.6) is 5.88 Å². The predicted molar refractivity (Wildman–Crippen MR) is 127 cm³/mol. The highest BCUT2D eigenvalue weighted by molar-refractivity contribution is 7.90. The zero-order valence-corrected chi connectivity index (χ0v) is 20.5. The van der Waals surface area contributed by atoms with Gasteiger partial charge in [-0.3, -0.25) is 4.68 Å². The summed E-state index contributed by atoms with van der Waals surface area (Å²) in [5.41, 5.74) is 1.70. The van der Waals surface area contributed by atoms with E-state index < -0.39 is 21.9 Å². The summed E-state index contributed by atoms with van der Waals surface area (Å²) in [5, 5.41) is 6.33. The van der Waals surface area contributed by atoms with Crippen molar-refractivity contribution in [2.45, 2.75) is 51.6 Å². The third-order valence-electron chi connectivity index (χ3n) is 4.95. The van der Waals surface area contributed by atoms with Crippen LogP contribution in [0.15, 0.2) is 47.8 Å². The number of pyridine rings is 1. The third kappa shape index (κ3) is 5.71. The van der Waals surface area contributed by atoms with E-state index in [4.69, 9.17) is 4.74 Å². The number of nitrogens with zero attached hydrogens (tertiary/aromatic N) is 3. The maximum Gasteiger partial charge on any atom is 0.333 e. The Morgan fingerprint density at radius 2 is 1.91 bits per heavy atom. The Hall–Kier alpha value is -3.47. The van der Waals surface area contributed by atoms with Crippen molar-refractivity contribution in [2.24, 2.45) is 0 Å². The number of hydrogen-bond acceptors (Lipinski definition) is 6. The molecule has 0 aliphatic rings. The molecule has 2 heterocycles. The van der Waals surface area contributed by atoms with Gasteiger partial charge in [-0.1, -0.05) is 13.8 Å². The number of benzene rings is 1. The molecule has 0 saturated heterocycles. The smallest absolute Gasteiger partial charge is 0.333 e. The molecule has 0 radical (unpaired) electrons. The van der Waals surface area contributed by atoms with Gasteiger partial charge in [0.2, 0.25) is 5.88 Å². The van der Waals surface area contributed by atoms with Gasteiger partial charge < -0.3 is 10.1 Å². The Labute approximate surface area is 198 Å². The minimum atomic E-state index is -4.22. The fourth-order valence-corrected chi connectivity index (χ4v) is 4.16. The first-order valence-electron chi connectivity index (χ1n) is 10.8. The Morgan fingerprint density at radius 1 is 1.18 bits per heavy atom. The minimum absolute atomic E-state index is 0.0462. The van der Waals surface area contributed by atoms with Gasteiger partial charge in [0, 0.05) is 30.1 Å². The summed E-state index contributed by atoms with van der Waals surface area (Å²) in [4.78, 5) is 16.9. The number of amides is 2. The van der Waals surface area contributed by atoms with Gasteiger partial charge in [-0.25, -0.2) is 18.9 Å². The molecule has 0 unspecified atom stereocenters. The van der Waals surface area contributed by atoms with Crippen LogP contribution in [0, 0.1) is 5.82 Å². The molecule has 0 fully saturated rings. The van der Waals surface area contributed by atoms with E-state index in [-0.39, 0.29) is 22.7 Å². The van der Waals surface area contributed by atoms with Crippen molar-refractivity contribution in [2.75, 3.05) is 11.9 Å². The quantitative estimate of drug-likeness (QED) is 0.474. The average Bonchev–Trinajstić information content (AvgIpc) is 3.26. The Kier molecular flexibility index (Phi) is 7.55. The summed E-state index contributed by atoms with van der Waals surface area (Å²) in [7, 11) is -4.22. The van der Waals surface area contributed by atoms with Crippen molar-refractivity contribution in [1.82, 2.24) is 19.5 Å². The van der Waals surface area contributed by atoms with Crippen molar-refractivity contribution in [3.05, 3.63) is 54.1 Å². The van der Waals surface area contributed by atoms with Crippen LogP contribution in [-0.4, -0.2) is 35.8 Å². The molecule has 0 aliphatic heterocycles. The zero-order chi connectivity index (χ0) is 25.0. The lowest BCUT2D eigenvalue weighted by Crippen LogP contribution is -2.35. The van der Waals surface area contributed by atoms with Gasteiger partial charge in [-0.2, -0.15) is 13.5 Å². The molecular weight excluding hydrogens is 461 g/mol. The van der Waals surface area contributed by atoms with Crippen molar-refractivity contribution >= 4 is 21.7 Å². The molecule has 2 N–H and O–H groups in total. The summed E-state index contributed by atoms with van der Waals surface area (Å²) in [6, 6.07) is 6.13. The third-order valence-corrected chi connectivity index (χ3v) is 6.17. The molecule has 9 nitrogen and oxygen atoms in total. The largest absolute Gasteiger partial charge is 0.478 e. The van der Waals surface area contributed by atoms with E-state index in [2.05, 4.69) is 15.4 Å². The molecular formula is C23H28FN5O4S. The highest BCUT2D eigenvalue weighted by Crippen LogP contribution is 2.36. The van der Waals surface area contributed by atoms with Gasteiger partial charge in [0.05, 0.1) is 12.3 Å². The first-order valence-corrected chi connectivity index (χ1v) is 12.3. The number of carbonyl (C=O) groups is 1. The van der Waals surface area contributed by atoms with Crippen LogP contribution in [0.1, 0.15) is 52.1 Å². The van der Waals surface area contributed by atoms with Crippen LogP contribution in [0.2, 0.25) is 0 Å².